The van der Waals surface area contributed by atoms with Gasteiger partial charge < -0.3 is 15.5 Å². The number of rotatable bonds is 6. The Bertz CT molecular complexity index is 532. The Labute approximate surface area is 144 Å². The fraction of sp³-hybridized carbons (Fsp3) is 0.579. The van der Waals surface area contributed by atoms with Crippen LogP contribution in [0, 0.1) is 0 Å². The van der Waals surface area contributed by atoms with Gasteiger partial charge in [0.25, 0.3) is 11.8 Å². The molecule has 1 aliphatic carbocycles. The second-order valence-corrected chi connectivity index (χ2v) is 6.68. The number of carbonyl (C=O) groups excluding carboxylic acids is 2. The molecule has 5 nitrogen and oxygen atoms in total. The lowest BCUT2D eigenvalue weighted by Gasteiger charge is -2.16. The van der Waals surface area contributed by atoms with Gasteiger partial charge in [0.05, 0.1) is 0 Å². The van der Waals surface area contributed by atoms with E-state index in [1.54, 1.807) is 38.4 Å². The summed E-state index contributed by atoms with van der Waals surface area (Å²) >= 11 is 0. The maximum absolute atomic E-state index is 12.1. The van der Waals surface area contributed by atoms with E-state index >= 15 is 0 Å². The molecule has 0 spiro atoms. The van der Waals surface area contributed by atoms with Crippen molar-refractivity contribution >= 4 is 11.8 Å². The zero-order valence-electron chi connectivity index (χ0n) is 14.8. The monoisotopic (exact) mass is 331 g/mol. The van der Waals surface area contributed by atoms with E-state index in [0.29, 0.717) is 23.7 Å². The fourth-order valence-electron chi connectivity index (χ4n) is 3.06. The summed E-state index contributed by atoms with van der Waals surface area (Å²) in [6.45, 7) is 1.42. The SMILES string of the molecule is CN(C)C(=O)c1ccc(C(=O)NCCNC2CCCCCC2)cc1. The van der Waals surface area contributed by atoms with E-state index in [-0.39, 0.29) is 11.8 Å². The zero-order valence-corrected chi connectivity index (χ0v) is 14.8. The molecule has 0 radical (unpaired) electrons. The van der Waals surface area contributed by atoms with E-state index in [1.807, 2.05) is 0 Å². The first kappa shape index (κ1) is 18.5. The molecule has 1 aromatic rings. The van der Waals surface area contributed by atoms with Gasteiger partial charge in [-0.15, -0.1) is 0 Å². The number of nitrogens with one attached hydrogen (secondary N) is 2. The Kier molecular flexibility index (Phi) is 7.25. The number of hydrogen-bond donors (Lipinski definition) is 2. The summed E-state index contributed by atoms with van der Waals surface area (Å²) in [6.07, 6.45) is 7.80. The molecule has 1 fully saturated rings. The topological polar surface area (TPSA) is 61.4 Å². The van der Waals surface area contributed by atoms with Gasteiger partial charge in [-0.3, -0.25) is 9.59 Å². The van der Waals surface area contributed by atoms with Crippen LogP contribution in [-0.2, 0) is 0 Å². The molecule has 0 unspecified atom stereocenters. The molecule has 5 heteroatoms. The Morgan fingerprint density at radius 2 is 1.54 bits per heavy atom. The van der Waals surface area contributed by atoms with Crippen molar-refractivity contribution in [1.29, 1.82) is 0 Å². The number of benzene rings is 1. The van der Waals surface area contributed by atoms with E-state index in [9.17, 15) is 9.59 Å². The van der Waals surface area contributed by atoms with Gasteiger partial charge in [0, 0.05) is 44.4 Å². The average molecular weight is 331 g/mol. The summed E-state index contributed by atoms with van der Waals surface area (Å²) in [5.41, 5.74) is 1.17. The smallest absolute Gasteiger partial charge is 0.253 e. The van der Waals surface area contributed by atoms with Crippen molar-refractivity contribution in [2.45, 2.75) is 44.6 Å². The fourth-order valence-corrected chi connectivity index (χ4v) is 3.06. The van der Waals surface area contributed by atoms with Crippen molar-refractivity contribution < 1.29 is 9.59 Å². The highest BCUT2D eigenvalue weighted by molar-refractivity contribution is 5.97. The quantitative estimate of drug-likeness (QED) is 0.622. The Hall–Kier alpha value is -1.88. The molecule has 1 aliphatic rings. The third-order valence-corrected chi connectivity index (χ3v) is 4.50. The first-order valence-corrected chi connectivity index (χ1v) is 8.91. The first-order chi connectivity index (χ1) is 11.6. The van der Waals surface area contributed by atoms with Gasteiger partial charge in [-0.25, -0.2) is 0 Å². The highest BCUT2D eigenvalue weighted by Gasteiger charge is 2.12. The maximum atomic E-state index is 12.1. The van der Waals surface area contributed by atoms with Gasteiger partial charge in [-0.1, -0.05) is 25.7 Å². The van der Waals surface area contributed by atoms with Crippen LogP contribution in [0.3, 0.4) is 0 Å². The normalized spacial score (nSPS) is 15.6. The number of hydrogen-bond acceptors (Lipinski definition) is 3. The molecule has 2 rings (SSSR count). The molecule has 0 atom stereocenters. The molecule has 2 N–H and O–H groups in total. The van der Waals surface area contributed by atoms with Crippen molar-refractivity contribution in [2.75, 3.05) is 27.2 Å². The molecular formula is C19H29N3O2. The summed E-state index contributed by atoms with van der Waals surface area (Å²) < 4.78 is 0. The Balaban J connectivity index is 1.73. The Morgan fingerprint density at radius 3 is 2.12 bits per heavy atom. The van der Waals surface area contributed by atoms with E-state index in [4.69, 9.17) is 0 Å². The summed E-state index contributed by atoms with van der Waals surface area (Å²) in [6, 6.07) is 7.39. The minimum atomic E-state index is -0.0958. The second-order valence-electron chi connectivity index (χ2n) is 6.68. The maximum Gasteiger partial charge on any atom is 0.253 e. The van der Waals surface area contributed by atoms with Crippen LogP contribution in [0.4, 0.5) is 0 Å². The largest absolute Gasteiger partial charge is 0.351 e. The van der Waals surface area contributed by atoms with Gasteiger partial charge in [-0.2, -0.15) is 0 Å². The summed E-state index contributed by atoms with van der Waals surface area (Å²) in [7, 11) is 3.43. The average Bonchev–Trinajstić information content (AvgIpc) is 2.86. The van der Waals surface area contributed by atoms with Crippen LogP contribution in [-0.4, -0.2) is 49.9 Å². The molecule has 1 aromatic carbocycles. The molecular weight excluding hydrogens is 302 g/mol. The first-order valence-electron chi connectivity index (χ1n) is 8.91. The van der Waals surface area contributed by atoms with Crippen LogP contribution in [0.15, 0.2) is 24.3 Å². The van der Waals surface area contributed by atoms with Crippen LogP contribution >= 0.6 is 0 Å². The predicted molar refractivity (Wildman–Crippen MR) is 96.3 cm³/mol. The van der Waals surface area contributed by atoms with Crippen LogP contribution in [0.5, 0.6) is 0 Å². The van der Waals surface area contributed by atoms with Crippen molar-refractivity contribution in [2.24, 2.45) is 0 Å². The van der Waals surface area contributed by atoms with Crippen molar-refractivity contribution in [1.82, 2.24) is 15.5 Å². The second kappa shape index (κ2) is 9.42. The van der Waals surface area contributed by atoms with Crippen molar-refractivity contribution in [3.05, 3.63) is 35.4 Å². The summed E-state index contributed by atoms with van der Waals surface area (Å²) in [4.78, 5) is 25.5. The molecule has 0 aliphatic heterocycles. The molecule has 0 heterocycles. The number of nitrogens with zero attached hydrogens (tertiary/aromatic N) is 1. The van der Waals surface area contributed by atoms with Gasteiger partial charge in [0.2, 0.25) is 0 Å². The lowest BCUT2D eigenvalue weighted by molar-refractivity contribution is 0.0826. The van der Waals surface area contributed by atoms with Gasteiger partial charge in [-0.05, 0) is 37.1 Å². The molecule has 0 bridgehead atoms. The summed E-state index contributed by atoms with van der Waals surface area (Å²) in [5, 5.41) is 6.47. The third-order valence-electron chi connectivity index (χ3n) is 4.50. The zero-order chi connectivity index (χ0) is 17.4. The molecule has 24 heavy (non-hydrogen) atoms. The molecule has 1 saturated carbocycles. The van der Waals surface area contributed by atoms with E-state index in [0.717, 1.165) is 6.54 Å². The molecule has 132 valence electrons. The number of amides is 2. The van der Waals surface area contributed by atoms with Crippen molar-refractivity contribution in [3.63, 3.8) is 0 Å². The molecule has 2 amide bonds. The van der Waals surface area contributed by atoms with Gasteiger partial charge in [0.1, 0.15) is 0 Å². The van der Waals surface area contributed by atoms with Crippen molar-refractivity contribution in [3.8, 4) is 0 Å². The standard InChI is InChI=1S/C19H29N3O2/c1-22(2)19(24)16-11-9-15(10-12-16)18(23)21-14-13-20-17-7-5-3-4-6-8-17/h9-12,17,20H,3-8,13-14H2,1-2H3,(H,21,23). The Morgan fingerprint density at radius 1 is 0.958 bits per heavy atom. The van der Waals surface area contributed by atoms with Gasteiger partial charge in [0.15, 0.2) is 0 Å². The predicted octanol–water partition coefficient (Wildman–Crippen LogP) is 2.43. The highest BCUT2D eigenvalue weighted by atomic mass is 16.2. The lowest BCUT2D eigenvalue weighted by Crippen LogP contribution is -2.36. The highest BCUT2D eigenvalue weighted by Crippen LogP contribution is 2.16. The lowest BCUT2D eigenvalue weighted by atomic mass is 10.1. The third kappa shape index (κ3) is 5.64. The van der Waals surface area contributed by atoms with E-state index < -0.39 is 0 Å². The van der Waals surface area contributed by atoms with E-state index in [2.05, 4.69) is 10.6 Å². The minimum Gasteiger partial charge on any atom is -0.351 e. The summed E-state index contributed by atoms with van der Waals surface area (Å²) in [5.74, 6) is -0.156. The van der Waals surface area contributed by atoms with Crippen LogP contribution in [0.25, 0.3) is 0 Å². The van der Waals surface area contributed by atoms with Crippen LogP contribution < -0.4 is 10.6 Å². The molecule has 0 saturated heterocycles. The number of carbonyl (C=O) groups is 2. The molecule has 0 aromatic heterocycles. The minimum absolute atomic E-state index is 0.0606. The van der Waals surface area contributed by atoms with Crippen LogP contribution in [0.1, 0.15) is 59.2 Å². The van der Waals surface area contributed by atoms with Gasteiger partial charge >= 0.3 is 0 Å². The van der Waals surface area contributed by atoms with E-state index in [1.165, 1.54) is 43.4 Å². The van der Waals surface area contributed by atoms with Crippen LogP contribution in [0.2, 0.25) is 0 Å².